The number of carbonyl (C=O) groups excluding carboxylic acids is 1. The molecule has 0 fully saturated rings. The van der Waals surface area contributed by atoms with Crippen LogP contribution in [-0.4, -0.2) is 25.8 Å². The molecular formula is C26H24N2O4S. The highest BCUT2D eigenvalue weighted by molar-refractivity contribution is 7.91. The number of aromatic nitrogens is 1. The highest BCUT2D eigenvalue weighted by atomic mass is 32.2. The lowest BCUT2D eigenvalue weighted by molar-refractivity contribution is 0.211. The number of amides is 1. The molecule has 33 heavy (non-hydrogen) atoms. The van der Waals surface area contributed by atoms with Crippen LogP contribution in [0, 0.1) is 0 Å². The Kier molecular flexibility index (Phi) is 5.68. The van der Waals surface area contributed by atoms with Crippen LogP contribution in [0.15, 0.2) is 79.0 Å². The minimum atomic E-state index is -3.36. The van der Waals surface area contributed by atoms with Crippen LogP contribution in [-0.2, 0) is 14.6 Å². The van der Waals surface area contributed by atoms with Crippen LogP contribution in [0.3, 0.4) is 0 Å². The van der Waals surface area contributed by atoms with Gasteiger partial charge in [-0.05, 0) is 72.5 Å². The number of ether oxygens (including phenoxy) is 1. The third-order valence-electron chi connectivity index (χ3n) is 5.89. The number of primary amides is 1. The fraction of sp³-hybridized carbons (Fsp3) is 0.154. The molecule has 0 atom stereocenters. The van der Waals surface area contributed by atoms with E-state index in [2.05, 4.69) is 4.98 Å². The maximum absolute atomic E-state index is 12.5. The minimum absolute atomic E-state index is 0.356. The van der Waals surface area contributed by atoms with Crippen molar-refractivity contribution in [2.45, 2.75) is 18.6 Å². The van der Waals surface area contributed by atoms with E-state index in [1.165, 1.54) is 6.26 Å². The maximum atomic E-state index is 12.5. The van der Waals surface area contributed by atoms with E-state index in [1.807, 2.05) is 54.6 Å². The molecule has 0 aliphatic rings. The van der Waals surface area contributed by atoms with Crippen molar-refractivity contribution >= 4 is 26.8 Å². The topological polar surface area (TPSA) is 99.3 Å². The molecule has 4 aromatic rings. The molecule has 1 amide bonds. The predicted molar refractivity (Wildman–Crippen MR) is 131 cm³/mol. The first-order valence-corrected chi connectivity index (χ1v) is 12.2. The summed E-state index contributed by atoms with van der Waals surface area (Å²) in [6.45, 7) is 3.43. The van der Waals surface area contributed by atoms with E-state index in [0.29, 0.717) is 11.3 Å². The molecule has 0 bridgehead atoms. The summed E-state index contributed by atoms with van der Waals surface area (Å²) >= 11 is 0. The van der Waals surface area contributed by atoms with E-state index < -0.39 is 20.7 Å². The number of nitrogens with two attached hydrogens (primary N) is 1. The van der Waals surface area contributed by atoms with Gasteiger partial charge in [-0.15, -0.1) is 0 Å². The Bertz CT molecular complexity index is 1480. The summed E-state index contributed by atoms with van der Waals surface area (Å²) in [7, 11) is -3.36. The third kappa shape index (κ3) is 4.45. The zero-order chi connectivity index (χ0) is 23.8. The van der Waals surface area contributed by atoms with Gasteiger partial charge in [0.05, 0.1) is 10.3 Å². The molecule has 0 spiro atoms. The largest absolute Gasteiger partial charge is 0.410 e. The Morgan fingerprint density at radius 1 is 0.909 bits per heavy atom. The highest BCUT2D eigenvalue weighted by Gasteiger charge is 2.33. The standard InChI is InChI=1S/C26H24N2O4S/c1-26(2,33(3,30)31)21-14-20-10-6-12-28-24(20)23(16-21)19-9-4-7-17(13-19)18-8-5-11-22(15-18)32-25(27)29/h4-16H,1-3H3,(H2,27,29). The second-order valence-corrected chi connectivity index (χ2v) is 11.0. The number of fused-ring (bicyclic) bond motifs is 1. The van der Waals surface area contributed by atoms with Crippen molar-refractivity contribution < 1.29 is 17.9 Å². The molecular weight excluding hydrogens is 436 g/mol. The number of pyridine rings is 1. The average molecular weight is 461 g/mol. The van der Waals surface area contributed by atoms with Crippen LogP contribution in [0.2, 0.25) is 0 Å². The molecule has 7 heteroatoms. The van der Waals surface area contributed by atoms with Crippen molar-refractivity contribution in [2.75, 3.05) is 6.26 Å². The number of hydrogen-bond acceptors (Lipinski definition) is 5. The van der Waals surface area contributed by atoms with Crippen molar-refractivity contribution in [2.24, 2.45) is 5.73 Å². The summed E-state index contributed by atoms with van der Waals surface area (Å²) in [6.07, 6.45) is 2.10. The van der Waals surface area contributed by atoms with Gasteiger partial charge in [-0.3, -0.25) is 4.98 Å². The first kappa shape index (κ1) is 22.5. The molecule has 0 radical (unpaired) electrons. The van der Waals surface area contributed by atoms with Crippen LogP contribution >= 0.6 is 0 Å². The van der Waals surface area contributed by atoms with Gasteiger partial charge >= 0.3 is 6.09 Å². The maximum Gasteiger partial charge on any atom is 0.409 e. The van der Waals surface area contributed by atoms with Gasteiger partial charge in [0, 0.05) is 23.4 Å². The van der Waals surface area contributed by atoms with E-state index in [9.17, 15) is 13.2 Å². The van der Waals surface area contributed by atoms with E-state index in [4.69, 9.17) is 10.5 Å². The van der Waals surface area contributed by atoms with Crippen LogP contribution < -0.4 is 10.5 Å². The van der Waals surface area contributed by atoms with Crippen LogP contribution in [0.1, 0.15) is 19.4 Å². The molecule has 3 aromatic carbocycles. The van der Waals surface area contributed by atoms with Gasteiger partial charge in [0.1, 0.15) is 5.75 Å². The minimum Gasteiger partial charge on any atom is -0.410 e. The Balaban J connectivity index is 1.89. The number of hydrogen-bond donors (Lipinski definition) is 1. The summed E-state index contributed by atoms with van der Waals surface area (Å²) in [5.41, 5.74) is 10.1. The second kappa shape index (κ2) is 8.33. The fourth-order valence-electron chi connectivity index (χ4n) is 3.70. The Labute approximate surface area is 193 Å². The van der Waals surface area contributed by atoms with E-state index in [1.54, 1.807) is 38.2 Å². The number of carbonyl (C=O) groups is 1. The number of nitrogens with zero attached hydrogens (tertiary/aromatic N) is 1. The van der Waals surface area contributed by atoms with Crippen molar-refractivity contribution in [1.29, 1.82) is 0 Å². The summed E-state index contributed by atoms with van der Waals surface area (Å²) in [4.78, 5) is 15.7. The third-order valence-corrected chi connectivity index (χ3v) is 7.98. The fourth-order valence-corrected chi connectivity index (χ4v) is 4.24. The zero-order valence-corrected chi connectivity index (χ0v) is 19.4. The van der Waals surface area contributed by atoms with Crippen molar-refractivity contribution in [3.05, 3.63) is 84.6 Å². The summed E-state index contributed by atoms with van der Waals surface area (Å²) in [6, 6.07) is 22.5. The Hall–Kier alpha value is -3.71. The Morgan fingerprint density at radius 3 is 2.27 bits per heavy atom. The molecule has 0 saturated carbocycles. The number of benzene rings is 3. The highest BCUT2D eigenvalue weighted by Crippen LogP contribution is 2.37. The summed E-state index contributed by atoms with van der Waals surface area (Å²) < 4.78 is 29.0. The van der Waals surface area contributed by atoms with E-state index >= 15 is 0 Å². The molecule has 0 unspecified atom stereocenters. The molecule has 0 aliphatic heterocycles. The molecule has 4 rings (SSSR count). The molecule has 168 valence electrons. The van der Waals surface area contributed by atoms with Crippen LogP contribution in [0.5, 0.6) is 5.75 Å². The van der Waals surface area contributed by atoms with Gasteiger partial charge in [0.2, 0.25) is 0 Å². The van der Waals surface area contributed by atoms with Gasteiger partial charge in [-0.2, -0.15) is 0 Å². The molecule has 0 aliphatic carbocycles. The monoisotopic (exact) mass is 460 g/mol. The molecule has 1 aromatic heterocycles. The van der Waals surface area contributed by atoms with E-state index in [0.717, 1.165) is 33.2 Å². The Morgan fingerprint density at radius 2 is 1.58 bits per heavy atom. The number of sulfone groups is 1. The van der Waals surface area contributed by atoms with E-state index in [-0.39, 0.29) is 0 Å². The SMILES string of the molecule is CC(C)(c1cc(-c2cccc(-c3cccc(OC(N)=O)c3)c2)c2ncccc2c1)S(C)(=O)=O. The van der Waals surface area contributed by atoms with Crippen molar-refractivity contribution in [3.63, 3.8) is 0 Å². The van der Waals surface area contributed by atoms with Crippen molar-refractivity contribution in [1.82, 2.24) is 4.98 Å². The predicted octanol–water partition coefficient (Wildman–Crippen LogP) is 5.31. The smallest absolute Gasteiger partial charge is 0.409 e. The van der Waals surface area contributed by atoms with Gasteiger partial charge in [0.15, 0.2) is 9.84 Å². The lowest BCUT2D eigenvalue weighted by Gasteiger charge is -2.24. The normalized spacial score (nSPS) is 12.0. The number of rotatable bonds is 5. The molecule has 2 N–H and O–H groups in total. The van der Waals surface area contributed by atoms with Crippen LogP contribution in [0.25, 0.3) is 33.2 Å². The van der Waals surface area contributed by atoms with Crippen molar-refractivity contribution in [3.8, 4) is 28.0 Å². The first-order valence-electron chi connectivity index (χ1n) is 10.3. The average Bonchev–Trinajstić information content (AvgIpc) is 2.77. The lowest BCUT2D eigenvalue weighted by atomic mass is 9.92. The summed E-state index contributed by atoms with van der Waals surface area (Å²) in [5.74, 6) is 0.356. The van der Waals surface area contributed by atoms with Gasteiger partial charge in [0.25, 0.3) is 0 Å². The lowest BCUT2D eigenvalue weighted by Crippen LogP contribution is -2.28. The zero-order valence-electron chi connectivity index (χ0n) is 18.6. The van der Waals surface area contributed by atoms with Crippen LogP contribution in [0.4, 0.5) is 4.79 Å². The second-order valence-electron chi connectivity index (χ2n) is 8.41. The molecule has 1 heterocycles. The quantitative estimate of drug-likeness (QED) is 0.435. The molecule has 0 saturated heterocycles. The van der Waals surface area contributed by atoms with Gasteiger partial charge in [-0.1, -0.05) is 36.4 Å². The summed E-state index contributed by atoms with van der Waals surface area (Å²) in [5, 5.41) is 0.865. The van der Waals surface area contributed by atoms with Gasteiger partial charge < -0.3 is 10.5 Å². The molecule has 6 nitrogen and oxygen atoms in total. The first-order chi connectivity index (χ1) is 15.6. The van der Waals surface area contributed by atoms with Gasteiger partial charge in [-0.25, -0.2) is 13.2 Å².